The van der Waals surface area contributed by atoms with Gasteiger partial charge in [-0.05, 0) is 84.5 Å². The molecule has 0 N–H and O–H groups in total. The van der Waals surface area contributed by atoms with Gasteiger partial charge in [-0.25, -0.2) is 0 Å². The van der Waals surface area contributed by atoms with Gasteiger partial charge in [0.1, 0.15) is 0 Å². The van der Waals surface area contributed by atoms with E-state index in [1.807, 2.05) is 0 Å². The predicted octanol–water partition coefficient (Wildman–Crippen LogP) is 8.11. The smallest absolute Gasteiger partial charge is 0.0162 e. The first kappa shape index (κ1) is 18.5. The predicted molar refractivity (Wildman–Crippen MR) is 117 cm³/mol. The summed E-state index contributed by atoms with van der Waals surface area (Å²) >= 11 is 0. The Morgan fingerprint density at radius 3 is 1.44 bits per heavy atom. The first-order chi connectivity index (χ1) is 13.2. The van der Waals surface area contributed by atoms with Gasteiger partial charge in [-0.15, -0.1) is 6.58 Å². The molecule has 0 radical (unpaired) electrons. The second-order valence-electron chi connectivity index (χ2n) is 9.05. The molecule has 142 valence electrons. The van der Waals surface area contributed by atoms with Crippen molar-refractivity contribution in [1.82, 2.24) is 0 Å². The van der Waals surface area contributed by atoms with E-state index in [0.717, 1.165) is 23.7 Å². The second-order valence-corrected chi connectivity index (χ2v) is 9.05. The Balaban J connectivity index is 1.41. The number of hydrogen-bond acceptors (Lipinski definition) is 0. The minimum Gasteiger partial charge on any atom is -0.103 e. The van der Waals surface area contributed by atoms with E-state index in [4.69, 9.17) is 0 Å². The van der Waals surface area contributed by atoms with E-state index < -0.39 is 0 Å². The first-order valence-electron chi connectivity index (χ1n) is 11.1. The van der Waals surface area contributed by atoms with Crippen LogP contribution < -0.4 is 0 Å². The maximum absolute atomic E-state index is 3.97. The largest absolute Gasteiger partial charge is 0.103 e. The van der Waals surface area contributed by atoms with Crippen LogP contribution in [0.25, 0.3) is 11.1 Å². The molecule has 0 aromatic heterocycles. The minimum absolute atomic E-state index is 0.742. The summed E-state index contributed by atoms with van der Waals surface area (Å²) in [6.45, 7) is 6.36. The molecule has 2 aromatic rings. The SMILES string of the molecule is C=CC1CCC(c2ccc(-c3ccc(C4CCC(C)CC4)cc3)cc2)CC1. The molecule has 0 amide bonds. The van der Waals surface area contributed by atoms with Crippen LogP contribution in [0, 0.1) is 11.8 Å². The van der Waals surface area contributed by atoms with Crippen LogP contribution in [0.2, 0.25) is 0 Å². The number of rotatable bonds is 4. The van der Waals surface area contributed by atoms with Gasteiger partial charge in [0.25, 0.3) is 0 Å². The third-order valence-corrected chi connectivity index (χ3v) is 7.22. The summed E-state index contributed by atoms with van der Waals surface area (Å²) in [4.78, 5) is 0. The lowest BCUT2D eigenvalue weighted by molar-refractivity contribution is 0.348. The van der Waals surface area contributed by atoms with Crippen molar-refractivity contribution in [2.75, 3.05) is 0 Å². The van der Waals surface area contributed by atoms with Gasteiger partial charge in [0.05, 0.1) is 0 Å². The fourth-order valence-electron chi connectivity index (χ4n) is 5.18. The summed E-state index contributed by atoms with van der Waals surface area (Å²) < 4.78 is 0. The molecular formula is C27H34. The molecule has 0 bridgehead atoms. The quantitative estimate of drug-likeness (QED) is 0.484. The highest BCUT2D eigenvalue weighted by Crippen LogP contribution is 2.38. The zero-order chi connectivity index (χ0) is 18.6. The van der Waals surface area contributed by atoms with E-state index >= 15 is 0 Å². The summed E-state index contributed by atoms with van der Waals surface area (Å²) in [5, 5.41) is 0. The molecule has 0 heterocycles. The molecule has 0 nitrogen and oxygen atoms in total. The van der Waals surface area contributed by atoms with Crippen molar-refractivity contribution in [2.45, 2.75) is 70.1 Å². The van der Waals surface area contributed by atoms with Crippen LogP contribution in [0.1, 0.15) is 81.3 Å². The topological polar surface area (TPSA) is 0 Å². The van der Waals surface area contributed by atoms with E-state index in [1.165, 1.54) is 68.1 Å². The van der Waals surface area contributed by atoms with Crippen LogP contribution in [0.4, 0.5) is 0 Å². The standard InChI is InChI=1S/C27H34/c1-3-21-6-10-23(11-7-21)25-14-18-27(19-15-25)26-16-12-24(13-17-26)22-8-4-20(2)5-9-22/h3,12-23H,1,4-11H2,2H3. The molecule has 0 aliphatic heterocycles. The van der Waals surface area contributed by atoms with Crippen LogP contribution in [0.3, 0.4) is 0 Å². The van der Waals surface area contributed by atoms with Crippen molar-refractivity contribution in [3.8, 4) is 11.1 Å². The molecule has 2 aromatic carbocycles. The molecule has 0 heteroatoms. The molecule has 0 atom stereocenters. The van der Waals surface area contributed by atoms with Gasteiger partial charge in [-0.3, -0.25) is 0 Å². The highest BCUT2D eigenvalue weighted by molar-refractivity contribution is 5.64. The third-order valence-electron chi connectivity index (χ3n) is 7.22. The van der Waals surface area contributed by atoms with Gasteiger partial charge in [0, 0.05) is 0 Å². The first-order valence-corrected chi connectivity index (χ1v) is 11.1. The Morgan fingerprint density at radius 1 is 0.630 bits per heavy atom. The highest BCUT2D eigenvalue weighted by atomic mass is 14.3. The van der Waals surface area contributed by atoms with E-state index in [9.17, 15) is 0 Å². The van der Waals surface area contributed by atoms with Gasteiger partial charge in [0.15, 0.2) is 0 Å². The molecule has 2 fully saturated rings. The number of benzene rings is 2. The Labute approximate surface area is 165 Å². The van der Waals surface area contributed by atoms with Crippen LogP contribution in [0.5, 0.6) is 0 Å². The van der Waals surface area contributed by atoms with Gasteiger partial charge < -0.3 is 0 Å². The summed E-state index contributed by atoms with van der Waals surface area (Å²) in [5.74, 6) is 3.19. The molecule has 2 aliphatic carbocycles. The lowest BCUT2D eigenvalue weighted by atomic mass is 9.78. The van der Waals surface area contributed by atoms with Gasteiger partial charge >= 0.3 is 0 Å². The van der Waals surface area contributed by atoms with Crippen LogP contribution >= 0.6 is 0 Å². The Morgan fingerprint density at radius 2 is 1.04 bits per heavy atom. The van der Waals surface area contributed by atoms with Crippen molar-refractivity contribution in [2.24, 2.45) is 11.8 Å². The monoisotopic (exact) mass is 358 g/mol. The van der Waals surface area contributed by atoms with E-state index in [0.29, 0.717) is 0 Å². The Hall–Kier alpha value is -1.82. The lowest BCUT2D eigenvalue weighted by Gasteiger charge is -2.27. The Bertz CT molecular complexity index is 721. The molecule has 27 heavy (non-hydrogen) atoms. The van der Waals surface area contributed by atoms with Gasteiger partial charge in [-0.2, -0.15) is 0 Å². The number of hydrogen-bond donors (Lipinski definition) is 0. The maximum Gasteiger partial charge on any atom is -0.0162 e. The summed E-state index contributed by atoms with van der Waals surface area (Å²) in [7, 11) is 0. The average molecular weight is 359 g/mol. The van der Waals surface area contributed by atoms with Crippen molar-refractivity contribution < 1.29 is 0 Å². The van der Waals surface area contributed by atoms with Crippen molar-refractivity contribution in [1.29, 1.82) is 0 Å². The molecule has 2 aliphatic rings. The second kappa shape index (κ2) is 8.46. The molecular weight excluding hydrogens is 324 g/mol. The zero-order valence-electron chi connectivity index (χ0n) is 16.9. The fraction of sp³-hybridized carbons (Fsp3) is 0.481. The van der Waals surface area contributed by atoms with Crippen LogP contribution in [-0.4, -0.2) is 0 Å². The van der Waals surface area contributed by atoms with Crippen LogP contribution in [0.15, 0.2) is 61.2 Å². The maximum atomic E-state index is 3.97. The highest BCUT2D eigenvalue weighted by Gasteiger charge is 2.21. The summed E-state index contributed by atoms with van der Waals surface area (Å²) in [6, 6.07) is 18.8. The molecule has 4 rings (SSSR count). The molecule has 0 unspecified atom stereocenters. The normalized spacial score (nSPS) is 28.6. The van der Waals surface area contributed by atoms with Gasteiger partial charge in [-0.1, -0.05) is 74.4 Å². The van der Waals surface area contributed by atoms with E-state index in [-0.39, 0.29) is 0 Å². The molecule has 0 saturated heterocycles. The van der Waals surface area contributed by atoms with Crippen LogP contribution in [-0.2, 0) is 0 Å². The third kappa shape index (κ3) is 4.37. The molecule has 2 saturated carbocycles. The summed E-state index contributed by atoms with van der Waals surface area (Å²) in [5.41, 5.74) is 5.77. The van der Waals surface area contributed by atoms with E-state index in [2.05, 4.69) is 68.1 Å². The lowest BCUT2D eigenvalue weighted by Crippen LogP contribution is -2.11. The minimum atomic E-state index is 0.742. The molecule has 0 spiro atoms. The fourth-order valence-corrected chi connectivity index (χ4v) is 5.18. The van der Waals surface area contributed by atoms with Crippen molar-refractivity contribution in [3.05, 3.63) is 72.3 Å². The average Bonchev–Trinajstić information content (AvgIpc) is 2.75. The Kier molecular flexibility index (Phi) is 5.81. The number of allylic oxidation sites excluding steroid dienone is 1. The van der Waals surface area contributed by atoms with E-state index in [1.54, 1.807) is 5.56 Å². The van der Waals surface area contributed by atoms with Crippen molar-refractivity contribution >= 4 is 0 Å². The van der Waals surface area contributed by atoms with Gasteiger partial charge in [0.2, 0.25) is 0 Å². The summed E-state index contributed by atoms with van der Waals surface area (Å²) in [6.07, 6.45) is 12.9. The zero-order valence-corrected chi connectivity index (χ0v) is 16.9. The van der Waals surface area contributed by atoms with Crippen molar-refractivity contribution in [3.63, 3.8) is 0 Å².